The van der Waals surface area contributed by atoms with Crippen LogP contribution in [0.15, 0.2) is 41.2 Å². The molecule has 2 rings (SSSR count). The number of aromatic nitrogens is 4. The Morgan fingerprint density at radius 3 is 2.28 bits per heavy atom. The molecule has 0 aliphatic heterocycles. The molecule has 2 heterocycles. The molecule has 0 saturated carbocycles. The van der Waals surface area contributed by atoms with E-state index in [4.69, 9.17) is 0 Å². The Morgan fingerprint density at radius 2 is 1.67 bits per heavy atom. The van der Waals surface area contributed by atoms with Gasteiger partial charge in [-0.2, -0.15) is 0 Å². The second-order valence-corrected chi connectivity index (χ2v) is 4.98. The number of nitrogens with one attached hydrogen (secondary N) is 1. The Kier molecular flexibility index (Phi) is 4.60. The van der Waals surface area contributed by atoms with Crippen molar-refractivity contribution < 1.29 is 0 Å². The third-order valence-corrected chi connectivity index (χ3v) is 2.91. The van der Waals surface area contributed by atoms with E-state index >= 15 is 0 Å². The molecule has 0 atom stereocenters. The largest absolute Gasteiger partial charge is 0.310 e. The molecular formula is C12H15N5S. The van der Waals surface area contributed by atoms with Gasteiger partial charge in [0.1, 0.15) is 0 Å². The highest BCUT2D eigenvalue weighted by Crippen LogP contribution is 2.19. The second-order valence-electron chi connectivity index (χ2n) is 4.04. The molecule has 0 unspecified atom stereocenters. The molecule has 2 aromatic heterocycles. The minimum atomic E-state index is 0.455. The van der Waals surface area contributed by atoms with Crippen molar-refractivity contribution in [2.45, 2.75) is 36.7 Å². The van der Waals surface area contributed by atoms with Gasteiger partial charge in [0.25, 0.3) is 0 Å². The maximum Gasteiger partial charge on any atom is 0.195 e. The van der Waals surface area contributed by atoms with Crippen LogP contribution in [0, 0.1) is 0 Å². The summed E-state index contributed by atoms with van der Waals surface area (Å²) in [6.45, 7) is 5.00. The maximum absolute atomic E-state index is 4.28. The molecule has 0 saturated heterocycles. The van der Waals surface area contributed by atoms with Crippen LogP contribution in [0.5, 0.6) is 0 Å². The van der Waals surface area contributed by atoms with Crippen LogP contribution in [0.4, 0.5) is 0 Å². The fourth-order valence-corrected chi connectivity index (χ4v) is 1.83. The van der Waals surface area contributed by atoms with Crippen LogP contribution in [0.1, 0.15) is 19.4 Å². The van der Waals surface area contributed by atoms with E-state index < -0.39 is 0 Å². The second kappa shape index (κ2) is 6.42. The molecule has 0 aliphatic carbocycles. The van der Waals surface area contributed by atoms with Gasteiger partial charge >= 0.3 is 0 Å². The van der Waals surface area contributed by atoms with Crippen LogP contribution in [0.2, 0.25) is 0 Å². The first-order valence-electron chi connectivity index (χ1n) is 5.73. The minimum Gasteiger partial charge on any atom is -0.310 e. The van der Waals surface area contributed by atoms with Crippen molar-refractivity contribution in [2.24, 2.45) is 0 Å². The van der Waals surface area contributed by atoms with Gasteiger partial charge in [0, 0.05) is 42.9 Å². The fraction of sp³-hybridized carbons (Fsp3) is 0.333. The van der Waals surface area contributed by atoms with E-state index in [2.05, 4.69) is 39.1 Å². The summed E-state index contributed by atoms with van der Waals surface area (Å²) >= 11 is 1.36. The van der Waals surface area contributed by atoms with Gasteiger partial charge in [-0.1, -0.05) is 13.8 Å². The van der Waals surface area contributed by atoms with E-state index in [0.717, 1.165) is 12.1 Å². The van der Waals surface area contributed by atoms with E-state index in [0.29, 0.717) is 16.4 Å². The molecule has 0 aromatic carbocycles. The van der Waals surface area contributed by atoms with Crippen molar-refractivity contribution in [1.82, 2.24) is 25.3 Å². The summed E-state index contributed by atoms with van der Waals surface area (Å²) in [5.74, 6) is 0. The van der Waals surface area contributed by atoms with Crippen LogP contribution in [0.25, 0.3) is 0 Å². The summed E-state index contributed by atoms with van der Waals surface area (Å²) in [6.07, 6.45) is 7.06. The fourth-order valence-electron chi connectivity index (χ4n) is 1.23. The highest BCUT2D eigenvalue weighted by atomic mass is 32.2. The van der Waals surface area contributed by atoms with Gasteiger partial charge in [0.05, 0.1) is 0 Å². The molecular weight excluding hydrogens is 246 g/mol. The van der Waals surface area contributed by atoms with Gasteiger partial charge in [-0.15, -0.1) is 0 Å². The van der Waals surface area contributed by atoms with Gasteiger partial charge in [-0.25, -0.2) is 19.9 Å². The van der Waals surface area contributed by atoms with E-state index in [-0.39, 0.29) is 0 Å². The third kappa shape index (κ3) is 4.05. The normalized spacial score (nSPS) is 10.8. The minimum absolute atomic E-state index is 0.455. The predicted octanol–water partition coefficient (Wildman–Crippen LogP) is 1.92. The summed E-state index contributed by atoms with van der Waals surface area (Å²) in [6, 6.07) is 2.24. The smallest absolute Gasteiger partial charge is 0.195 e. The Hall–Kier alpha value is -1.53. The lowest BCUT2D eigenvalue weighted by Gasteiger charge is -2.07. The highest BCUT2D eigenvalue weighted by Gasteiger charge is 2.03. The van der Waals surface area contributed by atoms with Crippen molar-refractivity contribution in [2.75, 3.05) is 0 Å². The molecule has 5 nitrogen and oxygen atoms in total. The summed E-state index contributed by atoms with van der Waals surface area (Å²) in [4.78, 5) is 16.8. The van der Waals surface area contributed by atoms with E-state index in [1.54, 1.807) is 18.5 Å². The Bertz CT molecular complexity index is 472. The summed E-state index contributed by atoms with van der Waals surface area (Å²) in [5.41, 5.74) is 1.07. The molecule has 0 bridgehead atoms. The summed E-state index contributed by atoms with van der Waals surface area (Å²) in [7, 11) is 0. The van der Waals surface area contributed by atoms with E-state index in [1.807, 2.05) is 12.4 Å². The average molecular weight is 261 g/mol. The Balaban J connectivity index is 1.95. The zero-order chi connectivity index (χ0) is 12.8. The van der Waals surface area contributed by atoms with Crippen LogP contribution in [0.3, 0.4) is 0 Å². The maximum atomic E-state index is 4.28. The summed E-state index contributed by atoms with van der Waals surface area (Å²) in [5, 5.41) is 4.64. The molecule has 0 spiro atoms. The van der Waals surface area contributed by atoms with Crippen molar-refractivity contribution >= 4 is 11.8 Å². The number of nitrogens with zero attached hydrogens (tertiary/aromatic N) is 4. The van der Waals surface area contributed by atoms with E-state index in [1.165, 1.54) is 11.8 Å². The predicted molar refractivity (Wildman–Crippen MR) is 70.2 cm³/mol. The van der Waals surface area contributed by atoms with Gasteiger partial charge in [-0.05, 0) is 17.8 Å². The quantitative estimate of drug-likeness (QED) is 0.830. The molecule has 0 amide bonds. The lowest BCUT2D eigenvalue weighted by atomic mass is 10.3. The van der Waals surface area contributed by atoms with Crippen molar-refractivity contribution in [1.29, 1.82) is 0 Å². The SMILES string of the molecule is CC(C)NCc1cnc(Sc2ncccn2)nc1. The summed E-state index contributed by atoms with van der Waals surface area (Å²) < 4.78 is 0. The molecule has 0 radical (unpaired) electrons. The van der Waals surface area contributed by atoms with Crippen molar-refractivity contribution in [3.63, 3.8) is 0 Å². The molecule has 6 heteroatoms. The number of hydrogen-bond donors (Lipinski definition) is 1. The van der Waals surface area contributed by atoms with Crippen LogP contribution < -0.4 is 5.32 Å². The van der Waals surface area contributed by atoms with Crippen molar-refractivity contribution in [3.8, 4) is 0 Å². The number of hydrogen-bond acceptors (Lipinski definition) is 6. The van der Waals surface area contributed by atoms with Crippen LogP contribution in [-0.2, 0) is 6.54 Å². The molecule has 1 N–H and O–H groups in total. The van der Waals surface area contributed by atoms with E-state index in [9.17, 15) is 0 Å². The van der Waals surface area contributed by atoms with Crippen LogP contribution >= 0.6 is 11.8 Å². The third-order valence-electron chi connectivity index (χ3n) is 2.12. The first kappa shape index (κ1) is 12.9. The highest BCUT2D eigenvalue weighted by molar-refractivity contribution is 7.99. The number of rotatable bonds is 5. The molecule has 2 aromatic rings. The Labute approximate surface area is 110 Å². The lowest BCUT2D eigenvalue weighted by molar-refractivity contribution is 0.585. The van der Waals surface area contributed by atoms with Crippen LogP contribution in [-0.4, -0.2) is 26.0 Å². The van der Waals surface area contributed by atoms with Crippen molar-refractivity contribution in [3.05, 3.63) is 36.4 Å². The topological polar surface area (TPSA) is 63.6 Å². The molecule has 0 fully saturated rings. The zero-order valence-electron chi connectivity index (χ0n) is 10.4. The Morgan fingerprint density at radius 1 is 1.06 bits per heavy atom. The van der Waals surface area contributed by atoms with Gasteiger partial charge in [-0.3, -0.25) is 0 Å². The lowest BCUT2D eigenvalue weighted by Crippen LogP contribution is -2.21. The monoisotopic (exact) mass is 261 g/mol. The van der Waals surface area contributed by atoms with Gasteiger partial charge in [0.2, 0.25) is 0 Å². The van der Waals surface area contributed by atoms with Gasteiger partial charge < -0.3 is 5.32 Å². The first-order valence-corrected chi connectivity index (χ1v) is 6.55. The standard InChI is InChI=1S/C12H15N5S/c1-9(2)15-6-10-7-16-12(17-8-10)18-11-13-4-3-5-14-11/h3-5,7-9,15H,6H2,1-2H3. The first-order chi connectivity index (χ1) is 8.74. The molecule has 0 aliphatic rings. The van der Waals surface area contributed by atoms with Gasteiger partial charge in [0.15, 0.2) is 10.3 Å². The zero-order valence-corrected chi connectivity index (χ0v) is 11.2. The molecule has 18 heavy (non-hydrogen) atoms. The average Bonchev–Trinajstić information content (AvgIpc) is 2.39. The molecule has 94 valence electrons.